The molecular weight excluding hydrogens is 430 g/mol. The number of carbonyl (C=O) groups is 2. The van der Waals surface area contributed by atoms with Gasteiger partial charge in [-0.1, -0.05) is 43.3 Å². The Bertz CT molecular complexity index is 1120. The largest absolute Gasteiger partial charge is 0.493 e. The van der Waals surface area contributed by atoms with Crippen LogP contribution in [0.5, 0.6) is 11.5 Å². The highest BCUT2D eigenvalue weighted by molar-refractivity contribution is 6.08. The highest BCUT2D eigenvalue weighted by Crippen LogP contribution is 2.45. The monoisotopic (exact) mass is 461 g/mol. The molecule has 2 aromatic rings. The molecule has 0 radical (unpaired) electrons. The topological polar surface area (TPSA) is 74.2 Å². The van der Waals surface area contributed by atoms with Gasteiger partial charge in [0.15, 0.2) is 17.3 Å². The second-order valence-corrected chi connectivity index (χ2v) is 8.70. The van der Waals surface area contributed by atoms with E-state index in [1.54, 1.807) is 7.11 Å². The van der Waals surface area contributed by atoms with Crippen molar-refractivity contribution in [3.8, 4) is 11.5 Å². The maximum Gasteiger partial charge on any atom is 0.315 e. The predicted molar refractivity (Wildman–Crippen MR) is 130 cm³/mol. The number of ether oxygens (including phenoxy) is 3. The van der Waals surface area contributed by atoms with E-state index in [-0.39, 0.29) is 11.8 Å². The summed E-state index contributed by atoms with van der Waals surface area (Å²) in [7, 11) is 1.59. The molecule has 2 aromatic carbocycles. The Balaban J connectivity index is 1.70. The molecule has 1 aliphatic heterocycles. The number of rotatable bonds is 8. The first-order valence-corrected chi connectivity index (χ1v) is 11.9. The molecule has 1 heterocycles. The van der Waals surface area contributed by atoms with Gasteiger partial charge in [-0.2, -0.15) is 0 Å². The molecule has 0 saturated heterocycles. The van der Waals surface area contributed by atoms with Crippen LogP contribution < -0.4 is 9.47 Å². The lowest BCUT2D eigenvalue weighted by Gasteiger charge is -2.34. The van der Waals surface area contributed by atoms with Crippen molar-refractivity contribution in [2.75, 3.05) is 13.7 Å². The molecule has 4 rings (SSSR count). The molecule has 0 aromatic heterocycles. The van der Waals surface area contributed by atoms with E-state index >= 15 is 0 Å². The first kappa shape index (κ1) is 23.7. The SMILES string of the molecule is CCCOC(=O)C1C(C)=NC2=C(C(=O)CCC2)[C@@H]1c1ccc(OCc2ccccc2)c(OC)c1. The van der Waals surface area contributed by atoms with E-state index in [0.29, 0.717) is 42.4 Å². The lowest BCUT2D eigenvalue weighted by molar-refractivity contribution is -0.146. The summed E-state index contributed by atoms with van der Waals surface area (Å²) in [5, 5.41) is 0. The van der Waals surface area contributed by atoms with E-state index in [2.05, 4.69) is 4.99 Å². The van der Waals surface area contributed by atoms with E-state index in [0.717, 1.165) is 36.1 Å². The van der Waals surface area contributed by atoms with Crippen LogP contribution in [0.2, 0.25) is 0 Å². The van der Waals surface area contributed by atoms with Gasteiger partial charge in [-0.3, -0.25) is 14.6 Å². The van der Waals surface area contributed by atoms with E-state index in [4.69, 9.17) is 14.2 Å². The van der Waals surface area contributed by atoms with Crippen LogP contribution in [0.4, 0.5) is 0 Å². The third-order valence-electron chi connectivity index (χ3n) is 6.32. The third kappa shape index (κ3) is 4.91. The number of allylic oxidation sites excluding steroid dienone is 2. The van der Waals surface area contributed by atoms with Gasteiger partial charge in [-0.15, -0.1) is 0 Å². The molecule has 34 heavy (non-hydrogen) atoms. The predicted octanol–water partition coefficient (Wildman–Crippen LogP) is 5.41. The molecule has 0 spiro atoms. The number of hydrogen-bond acceptors (Lipinski definition) is 6. The lowest BCUT2D eigenvalue weighted by atomic mass is 9.71. The van der Waals surface area contributed by atoms with Gasteiger partial charge in [0.25, 0.3) is 0 Å². The Morgan fingerprint density at radius 3 is 2.62 bits per heavy atom. The maximum absolute atomic E-state index is 13.1. The molecule has 0 N–H and O–H groups in total. The quantitative estimate of drug-likeness (QED) is 0.492. The normalized spacial score (nSPS) is 19.9. The summed E-state index contributed by atoms with van der Waals surface area (Å²) in [5.41, 5.74) is 3.98. The van der Waals surface area contributed by atoms with Gasteiger partial charge in [0.1, 0.15) is 12.5 Å². The number of ketones is 1. The average Bonchev–Trinajstić information content (AvgIpc) is 2.86. The number of hydrogen-bond donors (Lipinski definition) is 0. The zero-order chi connectivity index (χ0) is 24.1. The van der Waals surface area contributed by atoms with Crippen molar-refractivity contribution in [2.45, 2.75) is 52.1 Å². The summed E-state index contributed by atoms with van der Waals surface area (Å²) in [4.78, 5) is 30.8. The zero-order valence-corrected chi connectivity index (χ0v) is 20.0. The maximum atomic E-state index is 13.1. The number of nitrogens with zero attached hydrogens (tertiary/aromatic N) is 1. The smallest absolute Gasteiger partial charge is 0.315 e. The number of esters is 1. The van der Waals surface area contributed by atoms with E-state index < -0.39 is 11.8 Å². The van der Waals surface area contributed by atoms with Gasteiger partial charge in [0.2, 0.25) is 0 Å². The van der Waals surface area contributed by atoms with Crippen molar-refractivity contribution >= 4 is 17.5 Å². The molecule has 2 aliphatic rings. The molecule has 0 amide bonds. The van der Waals surface area contributed by atoms with Gasteiger partial charge in [0.05, 0.1) is 13.7 Å². The summed E-state index contributed by atoms with van der Waals surface area (Å²) >= 11 is 0. The van der Waals surface area contributed by atoms with Crippen LogP contribution in [0.25, 0.3) is 0 Å². The van der Waals surface area contributed by atoms with Gasteiger partial charge < -0.3 is 14.2 Å². The number of Topliss-reactive ketones (excluding diaryl/α,β-unsaturated/α-hetero) is 1. The van der Waals surface area contributed by atoms with Crippen LogP contribution in [0.3, 0.4) is 0 Å². The third-order valence-corrected chi connectivity index (χ3v) is 6.32. The van der Waals surface area contributed by atoms with Gasteiger partial charge in [-0.05, 0) is 49.4 Å². The fourth-order valence-electron chi connectivity index (χ4n) is 4.70. The zero-order valence-electron chi connectivity index (χ0n) is 20.0. The number of methoxy groups -OCH3 is 1. The Hall–Kier alpha value is -3.41. The standard InChI is InChI=1S/C28H31NO5/c1-4-15-33-28(31)25-18(2)29-21-11-8-12-22(30)27(21)26(25)20-13-14-23(24(16-20)32-3)34-17-19-9-6-5-7-10-19/h5-7,9-10,13-14,16,25-26H,4,8,11-12,15,17H2,1-3H3/t25?,26-/m1/s1. The molecule has 6 nitrogen and oxygen atoms in total. The Labute approximate surface area is 200 Å². The molecule has 0 saturated carbocycles. The van der Waals surface area contributed by atoms with Gasteiger partial charge in [0, 0.05) is 29.3 Å². The van der Waals surface area contributed by atoms with Crippen LogP contribution in [0, 0.1) is 5.92 Å². The molecule has 0 bridgehead atoms. The summed E-state index contributed by atoms with van der Waals surface area (Å²) in [6.45, 7) is 4.55. The number of benzene rings is 2. The molecule has 1 aliphatic carbocycles. The van der Waals surface area contributed by atoms with E-state index in [1.165, 1.54) is 0 Å². The molecule has 178 valence electrons. The molecule has 6 heteroatoms. The van der Waals surface area contributed by atoms with Crippen LogP contribution in [0.1, 0.15) is 56.6 Å². The van der Waals surface area contributed by atoms with Crippen molar-refractivity contribution in [3.05, 3.63) is 70.9 Å². The minimum atomic E-state index is -0.645. The second-order valence-electron chi connectivity index (χ2n) is 8.70. The van der Waals surface area contributed by atoms with Crippen molar-refractivity contribution in [1.82, 2.24) is 0 Å². The van der Waals surface area contributed by atoms with Crippen LogP contribution in [0.15, 0.2) is 64.8 Å². The minimum Gasteiger partial charge on any atom is -0.493 e. The molecule has 1 unspecified atom stereocenters. The van der Waals surface area contributed by atoms with E-state index in [1.807, 2.05) is 62.4 Å². The second kappa shape index (κ2) is 10.7. The first-order chi connectivity index (χ1) is 16.5. The summed E-state index contributed by atoms with van der Waals surface area (Å²) in [6.07, 6.45) is 2.71. The summed E-state index contributed by atoms with van der Waals surface area (Å²) < 4.78 is 17.2. The summed E-state index contributed by atoms with van der Waals surface area (Å²) in [5.74, 6) is -0.235. The molecule has 0 fully saturated rings. The van der Waals surface area contributed by atoms with Crippen LogP contribution >= 0.6 is 0 Å². The molecular formula is C28H31NO5. The lowest BCUT2D eigenvalue weighted by Crippen LogP contribution is -2.37. The fraction of sp³-hybridized carbons (Fsp3) is 0.393. The Kier molecular flexibility index (Phi) is 7.46. The number of carbonyl (C=O) groups excluding carboxylic acids is 2. The van der Waals surface area contributed by atoms with Crippen molar-refractivity contribution in [1.29, 1.82) is 0 Å². The highest BCUT2D eigenvalue weighted by Gasteiger charge is 2.43. The van der Waals surface area contributed by atoms with Crippen molar-refractivity contribution in [3.63, 3.8) is 0 Å². The Morgan fingerprint density at radius 2 is 1.88 bits per heavy atom. The Morgan fingerprint density at radius 1 is 1.09 bits per heavy atom. The van der Waals surface area contributed by atoms with Gasteiger partial charge >= 0.3 is 5.97 Å². The van der Waals surface area contributed by atoms with Crippen molar-refractivity contribution in [2.24, 2.45) is 10.9 Å². The average molecular weight is 462 g/mol. The van der Waals surface area contributed by atoms with Crippen LogP contribution in [-0.2, 0) is 20.9 Å². The summed E-state index contributed by atoms with van der Waals surface area (Å²) in [6, 6.07) is 15.5. The number of aliphatic imine (C=N–C) groups is 1. The van der Waals surface area contributed by atoms with Gasteiger partial charge in [-0.25, -0.2) is 0 Å². The van der Waals surface area contributed by atoms with E-state index in [9.17, 15) is 9.59 Å². The molecule has 2 atom stereocenters. The first-order valence-electron chi connectivity index (χ1n) is 11.9. The van der Waals surface area contributed by atoms with Crippen LogP contribution in [-0.4, -0.2) is 31.2 Å². The minimum absolute atomic E-state index is 0.0548. The highest BCUT2D eigenvalue weighted by atomic mass is 16.5. The fourth-order valence-corrected chi connectivity index (χ4v) is 4.70. The van der Waals surface area contributed by atoms with Crippen molar-refractivity contribution < 1.29 is 23.8 Å².